The molecule has 0 heterocycles. The van der Waals surface area contributed by atoms with Crippen molar-refractivity contribution in [1.29, 1.82) is 0 Å². The van der Waals surface area contributed by atoms with Crippen LogP contribution in [0.1, 0.15) is 24.8 Å². The monoisotopic (exact) mass is 332 g/mol. The summed E-state index contributed by atoms with van der Waals surface area (Å²) >= 11 is 3.41. The van der Waals surface area contributed by atoms with Crippen molar-refractivity contribution in [2.45, 2.75) is 31.8 Å². The van der Waals surface area contributed by atoms with Gasteiger partial charge < -0.3 is 11.1 Å². The van der Waals surface area contributed by atoms with Crippen LogP contribution in [0.3, 0.4) is 0 Å². The van der Waals surface area contributed by atoms with Crippen LogP contribution in [0, 0.1) is 5.92 Å². The summed E-state index contributed by atoms with van der Waals surface area (Å²) in [6.45, 7) is 0.571. The minimum atomic E-state index is 0. The molecule has 0 saturated heterocycles. The second-order valence-electron chi connectivity index (χ2n) is 4.55. The Bertz CT molecular complexity index is 414. The molecule has 0 aliphatic heterocycles. The Morgan fingerprint density at radius 2 is 2.22 bits per heavy atom. The Hall–Kier alpha value is -0.580. The molecule has 1 amide bonds. The summed E-state index contributed by atoms with van der Waals surface area (Å²) in [6.07, 6.45) is 2.95. The predicted molar refractivity (Wildman–Crippen MR) is 78.6 cm³/mol. The molecular weight excluding hydrogens is 316 g/mol. The van der Waals surface area contributed by atoms with Gasteiger partial charge in [0.1, 0.15) is 0 Å². The maximum atomic E-state index is 11.9. The highest BCUT2D eigenvalue weighted by Crippen LogP contribution is 2.24. The van der Waals surface area contributed by atoms with Crippen molar-refractivity contribution >= 4 is 34.2 Å². The first kappa shape index (κ1) is 15.5. The Balaban J connectivity index is 0.00000162. The van der Waals surface area contributed by atoms with Gasteiger partial charge in [0.2, 0.25) is 5.91 Å². The predicted octanol–water partition coefficient (Wildman–Crippen LogP) is 2.61. The lowest BCUT2D eigenvalue weighted by molar-refractivity contribution is -0.125. The third-order valence-electron chi connectivity index (χ3n) is 3.26. The van der Waals surface area contributed by atoms with Crippen molar-refractivity contribution in [2.75, 3.05) is 0 Å². The molecular formula is C13H18BrClN2O. The first-order chi connectivity index (χ1) is 8.16. The number of hydrogen-bond donors (Lipinski definition) is 2. The molecule has 18 heavy (non-hydrogen) atoms. The number of carbonyl (C=O) groups excluding carboxylic acids is 1. The maximum absolute atomic E-state index is 11.9. The Kier molecular flexibility index (Phi) is 6.12. The fraction of sp³-hybridized carbons (Fsp3) is 0.462. The zero-order valence-electron chi connectivity index (χ0n) is 10.1. The third kappa shape index (κ3) is 3.97. The highest BCUT2D eigenvalue weighted by Gasteiger charge is 2.29. The first-order valence-corrected chi connectivity index (χ1v) is 6.74. The molecule has 2 unspecified atom stereocenters. The van der Waals surface area contributed by atoms with E-state index in [1.807, 2.05) is 24.3 Å². The smallest absolute Gasteiger partial charge is 0.224 e. The molecule has 1 aromatic rings. The summed E-state index contributed by atoms with van der Waals surface area (Å²) < 4.78 is 1.03. The molecule has 1 aromatic carbocycles. The summed E-state index contributed by atoms with van der Waals surface area (Å²) in [5.74, 6) is 0.0946. The number of rotatable bonds is 3. The zero-order valence-corrected chi connectivity index (χ0v) is 12.5. The number of amides is 1. The maximum Gasteiger partial charge on any atom is 0.224 e. The lowest BCUT2D eigenvalue weighted by Gasteiger charge is -2.15. The molecule has 0 radical (unpaired) electrons. The topological polar surface area (TPSA) is 55.1 Å². The van der Waals surface area contributed by atoms with Crippen molar-refractivity contribution in [1.82, 2.24) is 5.32 Å². The van der Waals surface area contributed by atoms with Gasteiger partial charge in [-0.1, -0.05) is 34.5 Å². The Morgan fingerprint density at radius 3 is 2.83 bits per heavy atom. The van der Waals surface area contributed by atoms with E-state index >= 15 is 0 Å². The van der Waals surface area contributed by atoms with Gasteiger partial charge in [0.05, 0.1) is 5.92 Å². The lowest BCUT2D eigenvalue weighted by atomic mass is 10.0. The highest BCUT2D eigenvalue weighted by molar-refractivity contribution is 9.10. The Morgan fingerprint density at radius 1 is 1.44 bits per heavy atom. The summed E-state index contributed by atoms with van der Waals surface area (Å²) in [4.78, 5) is 11.9. The van der Waals surface area contributed by atoms with Crippen LogP contribution in [0.25, 0.3) is 0 Å². The molecule has 3 N–H and O–H groups in total. The number of carbonyl (C=O) groups is 1. The molecule has 5 heteroatoms. The third-order valence-corrected chi connectivity index (χ3v) is 3.76. The molecule has 1 aliphatic carbocycles. The Labute approximate surface area is 122 Å². The van der Waals surface area contributed by atoms with Crippen LogP contribution < -0.4 is 11.1 Å². The van der Waals surface area contributed by atoms with Gasteiger partial charge in [-0.05, 0) is 30.5 Å². The van der Waals surface area contributed by atoms with E-state index in [-0.39, 0.29) is 30.3 Å². The largest absolute Gasteiger partial charge is 0.352 e. The lowest BCUT2D eigenvalue weighted by Crippen LogP contribution is -2.38. The van der Waals surface area contributed by atoms with Crippen molar-refractivity contribution in [3.8, 4) is 0 Å². The van der Waals surface area contributed by atoms with Crippen LogP contribution in [-0.2, 0) is 11.3 Å². The van der Waals surface area contributed by atoms with Gasteiger partial charge in [-0.3, -0.25) is 4.79 Å². The quantitative estimate of drug-likeness (QED) is 0.893. The van der Waals surface area contributed by atoms with E-state index in [1.54, 1.807) is 0 Å². The van der Waals surface area contributed by atoms with Crippen molar-refractivity contribution in [2.24, 2.45) is 11.7 Å². The zero-order chi connectivity index (χ0) is 12.3. The molecule has 1 aliphatic rings. The van der Waals surface area contributed by atoms with Crippen molar-refractivity contribution in [3.63, 3.8) is 0 Å². The van der Waals surface area contributed by atoms with Crippen LogP contribution >= 0.6 is 28.3 Å². The molecule has 0 spiro atoms. The molecule has 0 aromatic heterocycles. The number of nitrogens with one attached hydrogen (secondary N) is 1. The second kappa shape index (κ2) is 7.12. The summed E-state index contributed by atoms with van der Waals surface area (Å²) in [6, 6.07) is 7.98. The van der Waals surface area contributed by atoms with E-state index in [0.29, 0.717) is 6.54 Å². The van der Waals surface area contributed by atoms with Crippen molar-refractivity contribution in [3.05, 3.63) is 34.3 Å². The molecule has 2 atom stereocenters. The van der Waals surface area contributed by atoms with Crippen LogP contribution in [0.15, 0.2) is 28.7 Å². The average Bonchev–Trinajstić information content (AvgIpc) is 2.72. The second-order valence-corrected chi connectivity index (χ2v) is 5.46. The van der Waals surface area contributed by atoms with Gasteiger partial charge >= 0.3 is 0 Å². The highest BCUT2D eigenvalue weighted by atomic mass is 79.9. The minimum Gasteiger partial charge on any atom is -0.352 e. The van der Waals surface area contributed by atoms with E-state index in [2.05, 4.69) is 21.2 Å². The summed E-state index contributed by atoms with van der Waals surface area (Å²) in [7, 11) is 0. The van der Waals surface area contributed by atoms with Gasteiger partial charge in [0.25, 0.3) is 0 Å². The van der Waals surface area contributed by atoms with Gasteiger partial charge in [0.15, 0.2) is 0 Å². The number of halogens is 2. The van der Waals surface area contributed by atoms with Gasteiger partial charge in [-0.2, -0.15) is 0 Å². The van der Waals surface area contributed by atoms with Gasteiger partial charge in [0, 0.05) is 17.1 Å². The molecule has 3 nitrogen and oxygen atoms in total. The summed E-state index contributed by atoms with van der Waals surface area (Å²) in [5.41, 5.74) is 7.00. The number of benzene rings is 1. The standard InChI is InChI=1S/C13H17BrN2O.ClH/c14-10-4-1-3-9(7-10)8-16-13(17)11-5-2-6-12(11)15;/h1,3-4,7,11-12H,2,5-6,8,15H2,(H,16,17);1H. The minimum absolute atomic E-state index is 0. The van der Waals surface area contributed by atoms with Gasteiger partial charge in [-0.15, -0.1) is 12.4 Å². The van der Waals surface area contributed by atoms with Gasteiger partial charge in [-0.25, -0.2) is 0 Å². The van der Waals surface area contributed by atoms with E-state index < -0.39 is 0 Å². The molecule has 1 saturated carbocycles. The van der Waals surface area contributed by atoms with E-state index in [1.165, 1.54) is 0 Å². The molecule has 1 fully saturated rings. The first-order valence-electron chi connectivity index (χ1n) is 5.94. The molecule has 0 bridgehead atoms. The average molecular weight is 334 g/mol. The van der Waals surface area contributed by atoms with E-state index in [0.717, 1.165) is 29.3 Å². The van der Waals surface area contributed by atoms with Crippen molar-refractivity contribution < 1.29 is 4.79 Å². The van der Waals surface area contributed by atoms with Crippen LogP contribution in [0.2, 0.25) is 0 Å². The number of nitrogens with two attached hydrogens (primary N) is 1. The van der Waals surface area contributed by atoms with Crippen LogP contribution in [0.4, 0.5) is 0 Å². The molecule has 100 valence electrons. The summed E-state index contributed by atoms with van der Waals surface area (Å²) in [5, 5.41) is 2.96. The normalized spacial score (nSPS) is 22.3. The fourth-order valence-corrected chi connectivity index (χ4v) is 2.73. The van der Waals surface area contributed by atoms with Crippen LogP contribution in [-0.4, -0.2) is 11.9 Å². The SMILES string of the molecule is Cl.NC1CCCC1C(=O)NCc1cccc(Br)c1. The van der Waals surface area contributed by atoms with E-state index in [4.69, 9.17) is 5.73 Å². The van der Waals surface area contributed by atoms with E-state index in [9.17, 15) is 4.79 Å². The molecule has 2 rings (SSSR count). The number of hydrogen-bond acceptors (Lipinski definition) is 2. The fourth-order valence-electron chi connectivity index (χ4n) is 2.28. The van der Waals surface area contributed by atoms with Crippen LogP contribution in [0.5, 0.6) is 0 Å².